The van der Waals surface area contributed by atoms with Gasteiger partial charge in [0, 0.05) is 11.3 Å². The zero-order valence-electron chi connectivity index (χ0n) is 8.12. The van der Waals surface area contributed by atoms with Crippen LogP contribution in [0.4, 0.5) is 5.69 Å². The van der Waals surface area contributed by atoms with Crippen LogP contribution in [0, 0.1) is 0 Å². The van der Waals surface area contributed by atoms with E-state index in [9.17, 15) is 4.79 Å². The molecule has 0 aromatic heterocycles. The van der Waals surface area contributed by atoms with E-state index >= 15 is 0 Å². The lowest BCUT2D eigenvalue weighted by Gasteiger charge is -2.39. The molecule has 1 aromatic rings. The molecule has 0 atom stereocenters. The van der Waals surface area contributed by atoms with Crippen LogP contribution >= 0.6 is 0 Å². The molecule has 1 aromatic carbocycles. The van der Waals surface area contributed by atoms with Crippen molar-refractivity contribution in [3.63, 3.8) is 0 Å². The molecule has 0 amide bonds. The molecule has 0 unspecified atom stereocenters. The van der Waals surface area contributed by atoms with Gasteiger partial charge in [-0.25, -0.2) is 0 Å². The van der Waals surface area contributed by atoms with E-state index in [2.05, 4.69) is 12.2 Å². The van der Waals surface area contributed by atoms with Gasteiger partial charge in [-0.3, -0.25) is 4.79 Å². The first-order chi connectivity index (χ1) is 6.72. The first kappa shape index (κ1) is 9.21. The summed E-state index contributed by atoms with van der Waals surface area (Å²) in [5.74, 6) is 0. The van der Waals surface area contributed by atoms with Crippen LogP contribution < -0.4 is 5.32 Å². The lowest BCUT2D eigenvalue weighted by Crippen LogP contribution is -2.53. The number of benzene rings is 1. The van der Waals surface area contributed by atoms with Crippen LogP contribution in [0.5, 0.6) is 0 Å². The maximum atomic E-state index is 10.4. The van der Waals surface area contributed by atoms with Crippen LogP contribution in [0.2, 0.25) is 0 Å². The monoisotopic (exact) mass is 191 g/mol. The SMILES string of the molecule is CC1(Nc2ccc(C=O)cc2)COC1. The van der Waals surface area contributed by atoms with Crippen molar-refractivity contribution in [1.29, 1.82) is 0 Å². The standard InChI is InChI=1S/C11H13NO2/c1-11(7-14-8-11)12-10-4-2-9(6-13)3-5-10/h2-6,12H,7-8H2,1H3. The minimum Gasteiger partial charge on any atom is -0.376 e. The molecular weight excluding hydrogens is 178 g/mol. The van der Waals surface area contributed by atoms with Crippen LogP contribution in [0.1, 0.15) is 17.3 Å². The summed E-state index contributed by atoms with van der Waals surface area (Å²) in [6, 6.07) is 7.43. The van der Waals surface area contributed by atoms with Crippen molar-refractivity contribution in [3.8, 4) is 0 Å². The Kier molecular flexibility index (Phi) is 2.25. The molecule has 1 aliphatic heterocycles. The molecule has 0 bridgehead atoms. The predicted octanol–water partition coefficient (Wildman–Crippen LogP) is 1.70. The third kappa shape index (κ3) is 1.77. The van der Waals surface area contributed by atoms with E-state index < -0.39 is 0 Å². The van der Waals surface area contributed by atoms with Crippen LogP contribution in [-0.4, -0.2) is 25.0 Å². The van der Waals surface area contributed by atoms with E-state index in [0.717, 1.165) is 25.2 Å². The Morgan fingerprint density at radius 3 is 2.43 bits per heavy atom. The molecule has 0 saturated carbocycles. The average molecular weight is 191 g/mol. The van der Waals surface area contributed by atoms with Gasteiger partial charge in [-0.15, -0.1) is 0 Å². The number of nitrogens with one attached hydrogen (secondary N) is 1. The second kappa shape index (κ2) is 3.42. The molecule has 0 aliphatic carbocycles. The summed E-state index contributed by atoms with van der Waals surface area (Å²) in [5, 5.41) is 3.37. The third-order valence-electron chi connectivity index (χ3n) is 2.33. The molecule has 0 radical (unpaired) electrons. The van der Waals surface area contributed by atoms with E-state index in [1.807, 2.05) is 12.1 Å². The second-order valence-corrected chi connectivity index (χ2v) is 3.92. The highest BCUT2D eigenvalue weighted by molar-refractivity contribution is 5.75. The topological polar surface area (TPSA) is 38.3 Å². The van der Waals surface area contributed by atoms with Crippen molar-refractivity contribution >= 4 is 12.0 Å². The Morgan fingerprint density at radius 1 is 1.36 bits per heavy atom. The molecule has 3 heteroatoms. The van der Waals surface area contributed by atoms with Gasteiger partial charge in [-0.05, 0) is 31.2 Å². The Morgan fingerprint density at radius 2 is 2.00 bits per heavy atom. The fourth-order valence-electron chi connectivity index (χ4n) is 1.47. The van der Waals surface area contributed by atoms with E-state index in [0.29, 0.717) is 5.56 Å². The molecular formula is C11H13NO2. The molecule has 74 valence electrons. The molecule has 1 aliphatic rings. The highest BCUT2D eigenvalue weighted by Gasteiger charge is 2.32. The minimum absolute atomic E-state index is 0.0582. The average Bonchev–Trinajstić information content (AvgIpc) is 2.17. The summed E-state index contributed by atoms with van der Waals surface area (Å²) in [6.07, 6.45) is 0.845. The summed E-state index contributed by atoms with van der Waals surface area (Å²) in [4.78, 5) is 10.4. The smallest absolute Gasteiger partial charge is 0.150 e. The number of rotatable bonds is 3. The van der Waals surface area contributed by atoms with Gasteiger partial charge in [0.25, 0.3) is 0 Å². The zero-order chi connectivity index (χ0) is 10.0. The van der Waals surface area contributed by atoms with Crippen LogP contribution in [0.3, 0.4) is 0 Å². The molecule has 3 nitrogen and oxygen atoms in total. The second-order valence-electron chi connectivity index (χ2n) is 3.92. The normalized spacial score (nSPS) is 18.4. The van der Waals surface area contributed by atoms with Gasteiger partial charge in [-0.2, -0.15) is 0 Å². The summed E-state index contributed by atoms with van der Waals surface area (Å²) in [6.45, 7) is 3.59. The van der Waals surface area contributed by atoms with Crippen molar-refractivity contribution in [3.05, 3.63) is 29.8 Å². The van der Waals surface area contributed by atoms with Crippen LogP contribution in [-0.2, 0) is 4.74 Å². The Labute approximate surface area is 83.1 Å². The number of carbonyl (C=O) groups is 1. The fourth-order valence-corrected chi connectivity index (χ4v) is 1.47. The van der Waals surface area contributed by atoms with Crippen LogP contribution in [0.25, 0.3) is 0 Å². The summed E-state index contributed by atoms with van der Waals surface area (Å²) >= 11 is 0. The molecule has 1 N–H and O–H groups in total. The molecule has 1 fully saturated rings. The molecule has 1 heterocycles. The van der Waals surface area contributed by atoms with Crippen LogP contribution in [0.15, 0.2) is 24.3 Å². The Hall–Kier alpha value is -1.35. The lowest BCUT2D eigenvalue weighted by molar-refractivity contribution is -0.0318. The Balaban J connectivity index is 2.06. The van der Waals surface area contributed by atoms with Gasteiger partial charge in [-0.1, -0.05) is 0 Å². The number of anilines is 1. The van der Waals surface area contributed by atoms with Gasteiger partial charge in [0.05, 0.1) is 18.8 Å². The first-order valence-corrected chi connectivity index (χ1v) is 4.63. The predicted molar refractivity (Wildman–Crippen MR) is 54.7 cm³/mol. The van der Waals surface area contributed by atoms with Gasteiger partial charge in [0.2, 0.25) is 0 Å². The van der Waals surface area contributed by atoms with Crippen molar-refractivity contribution in [1.82, 2.24) is 0 Å². The van der Waals surface area contributed by atoms with Crippen molar-refractivity contribution < 1.29 is 9.53 Å². The van der Waals surface area contributed by atoms with Gasteiger partial charge in [0.1, 0.15) is 6.29 Å². The van der Waals surface area contributed by atoms with E-state index in [4.69, 9.17) is 4.74 Å². The summed E-state index contributed by atoms with van der Waals surface area (Å²) in [7, 11) is 0. The maximum Gasteiger partial charge on any atom is 0.150 e. The Bertz CT molecular complexity index is 328. The summed E-state index contributed by atoms with van der Waals surface area (Å²) in [5.41, 5.74) is 1.79. The van der Waals surface area contributed by atoms with Crippen molar-refractivity contribution in [2.75, 3.05) is 18.5 Å². The quantitative estimate of drug-likeness (QED) is 0.739. The van der Waals surface area contributed by atoms with E-state index in [1.165, 1.54) is 0 Å². The number of aldehydes is 1. The molecule has 2 rings (SSSR count). The summed E-state index contributed by atoms with van der Waals surface area (Å²) < 4.78 is 5.14. The number of hydrogen-bond donors (Lipinski definition) is 1. The van der Waals surface area contributed by atoms with Gasteiger partial charge >= 0.3 is 0 Å². The highest BCUT2D eigenvalue weighted by atomic mass is 16.5. The van der Waals surface area contributed by atoms with E-state index in [1.54, 1.807) is 12.1 Å². The maximum absolute atomic E-state index is 10.4. The lowest BCUT2D eigenvalue weighted by atomic mass is 10.00. The highest BCUT2D eigenvalue weighted by Crippen LogP contribution is 2.22. The minimum atomic E-state index is 0.0582. The van der Waals surface area contributed by atoms with E-state index in [-0.39, 0.29) is 5.54 Å². The fraction of sp³-hybridized carbons (Fsp3) is 0.364. The van der Waals surface area contributed by atoms with Gasteiger partial charge in [0.15, 0.2) is 0 Å². The van der Waals surface area contributed by atoms with Gasteiger partial charge < -0.3 is 10.1 Å². The number of ether oxygens (including phenoxy) is 1. The number of hydrogen-bond acceptors (Lipinski definition) is 3. The zero-order valence-corrected chi connectivity index (χ0v) is 8.12. The molecule has 0 spiro atoms. The third-order valence-corrected chi connectivity index (χ3v) is 2.33. The molecule has 1 saturated heterocycles. The first-order valence-electron chi connectivity index (χ1n) is 4.63. The number of carbonyl (C=O) groups excluding carboxylic acids is 1. The van der Waals surface area contributed by atoms with Crippen molar-refractivity contribution in [2.45, 2.75) is 12.5 Å². The van der Waals surface area contributed by atoms with Crippen molar-refractivity contribution in [2.24, 2.45) is 0 Å². The molecule has 14 heavy (non-hydrogen) atoms. The largest absolute Gasteiger partial charge is 0.376 e.